The Balaban J connectivity index is 2.02. The number of aromatic nitrogens is 1. The van der Waals surface area contributed by atoms with E-state index in [4.69, 9.17) is 4.74 Å². The standard InChI is InChI=1S/C18H17NO3S2/c1-3-18(24(20,21)19-12-6-7-13-19)17-11-10-16(23-17)14-8-4-5-9-15(14)22-2/h3-13,18H,1H2,2H3. The molecule has 2 heterocycles. The van der Waals surface area contributed by atoms with Crippen LogP contribution in [0.5, 0.6) is 5.75 Å². The number of thiophene rings is 1. The average molecular weight is 359 g/mol. The number of hydrogen-bond donors (Lipinski definition) is 0. The van der Waals surface area contributed by atoms with Crippen LogP contribution in [0.1, 0.15) is 10.1 Å². The molecule has 2 aromatic heterocycles. The molecule has 0 aliphatic carbocycles. The lowest BCUT2D eigenvalue weighted by Gasteiger charge is -2.13. The van der Waals surface area contributed by atoms with Gasteiger partial charge in [0.25, 0.3) is 0 Å². The summed E-state index contributed by atoms with van der Waals surface area (Å²) >= 11 is 1.43. The van der Waals surface area contributed by atoms with E-state index in [-0.39, 0.29) is 0 Å². The Kier molecular flexibility index (Phi) is 4.59. The Morgan fingerprint density at radius 2 is 1.83 bits per heavy atom. The first-order valence-corrected chi connectivity index (χ1v) is 9.63. The second-order valence-corrected chi connectivity index (χ2v) is 8.19. The van der Waals surface area contributed by atoms with Crippen LogP contribution in [0.15, 0.2) is 73.6 Å². The predicted octanol–water partition coefficient (Wildman–Crippen LogP) is 4.33. The fourth-order valence-corrected chi connectivity index (χ4v) is 5.39. The third-order valence-corrected chi connectivity index (χ3v) is 6.96. The van der Waals surface area contributed by atoms with Crippen LogP contribution < -0.4 is 4.74 Å². The van der Waals surface area contributed by atoms with Gasteiger partial charge in [-0.05, 0) is 36.4 Å². The molecule has 0 fully saturated rings. The minimum atomic E-state index is -3.57. The van der Waals surface area contributed by atoms with Crippen molar-refractivity contribution < 1.29 is 13.2 Å². The summed E-state index contributed by atoms with van der Waals surface area (Å²) in [5, 5.41) is -0.793. The summed E-state index contributed by atoms with van der Waals surface area (Å²) in [5.74, 6) is 0.759. The van der Waals surface area contributed by atoms with Crippen molar-refractivity contribution in [1.29, 1.82) is 0 Å². The van der Waals surface area contributed by atoms with Crippen molar-refractivity contribution in [1.82, 2.24) is 3.97 Å². The van der Waals surface area contributed by atoms with E-state index in [9.17, 15) is 8.42 Å². The SMILES string of the molecule is C=CC(c1ccc(-c2ccccc2OC)s1)S(=O)(=O)n1cccc1. The molecule has 4 nitrogen and oxygen atoms in total. The van der Waals surface area contributed by atoms with Gasteiger partial charge < -0.3 is 4.74 Å². The number of nitrogens with zero attached hydrogens (tertiary/aromatic N) is 1. The molecule has 3 rings (SSSR count). The van der Waals surface area contributed by atoms with Gasteiger partial charge in [-0.25, -0.2) is 8.42 Å². The number of ether oxygens (including phenoxy) is 1. The number of rotatable bonds is 6. The maximum Gasteiger partial charge on any atom is 0.249 e. The van der Waals surface area contributed by atoms with Gasteiger partial charge in [0.05, 0.1) is 7.11 Å². The van der Waals surface area contributed by atoms with Crippen LogP contribution >= 0.6 is 11.3 Å². The van der Waals surface area contributed by atoms with Crippen LogP contribution in [0.2, 0.25) is 0 Å². The highest BCUT2D eigenvalue weighted by atomic mass is 32.2. The van der Waals surface area contributed by atoms with Crippen LogP contribution in [0.25, 0.3) is 10.4 Å². The molecule has 0 bridgehead atoms. The van der Waals surface area contributed by atoms with Crippen molar-refractivity contribution in [2.75, 3.05) is 7.11 Å². The molecule has 1 unspecified atom stereocenters. The molecular formula is C18H17NO3S2. The van der Waals surface area contributed by atoms with Crippen LogP contribution in [0, 0.1) is 0 Å². The van der Waals surface area contributed by atoms with Crippen molar-refractivity contribution in [2.45, 2.75) is 5.25 Å². The zero-order valence-corrected chi connectivity index (χ0v) is 14.8. The summed E-state index contributed by atoms with van der Waals surface area (Å²) in [5.41, 5.74) is 0.942. The average Bonchev–Trinajstić information content (AvgIpc) is 3.27. The van der Waals surface area contributed by atoms with Gasteiger partial charge in [-0.1, -0.05) is 18.2 Å². The molecule has 1 atom stereocenters. The highest BCUT2D eigenvalue weighted by Crippen LogP contribution is 2.39. The molecule has 0 spiro atoms. The Bertz CT molecular complexity index is 940. The lowest BCUT2D eigenvalue weighted by atomic mass is 10.1. The molecule has 24 heavy (non-hydrogen) atoms. The Labute approximate surface area is 145 Å². The minimum Gasteiger partial charge on any atom is -0.496 e. The zero-order chi connectivity index (χ0) is 17.2. The Morgan fingerprint density at radius 3 is 2.50 bits per heavy atom. The predicted molar refractivity (Wildman–Crippen MR) is 98.0 cm³/mol. The fraction of sp³-hybridized carbons (Fsp3) is 0.111. The summed E-state index contributed by atoms with van der Waals surface area (Å²) in [7, 11) is -1.95. The van der Waals surface area contributed by atoms with Gasteiger partial charge in [0.2, 0.25) is 10.0 Å². The lowest BCUT2D eigenvalue weighted by Crippen LogP contribution is -2.17. The van der Waals surface area contributed by atoms with E-state index in [1.165, 1.54) is 33.8 Å². The monoisotopic (exact) mass is 359 g/mol. The molecule has 0 radical (unpaired) electrons. The molecule has 1 aromatic carbocycles. The van der Waals surface area contributed by atoms with E-state index in [0.717, 1.165) is 21.1 Å². The van der Waals surface area contributed by atoms with E-state index >= 15 is 0 Å². The van der Waals surface area contributed by atoms with Gasteiger partial charge in [0.15, 0.2) is 0 Å². The molecule has 0 aliphatic heterocycles. The van der Waals surface area contributed by atoms with Gasteiger partial charge in [0, 0.05) is 27.7 Å². The van der Waals surface area contributed by atoms with Crippen LogP contribution in [0.4, 0.5) is 0 Å². The topological polar surface area (TPSA) is 48.3 Å². The summed E-state index contributed by atoms with van der Waals surface area (Å²) < 4.78 is 32.1. The number of benzene rings is 1. The second-order valence-electron chi connectivity index (χ2n) is 5.12. The van der Waals surface area contributed by atoms with Crippen molar-refractivity contribution in [3.63, 3.8) is 0 Å². The molecule has 124 valence electrons. The molecule has 3 aromatic rings. The zero-order valence-electron chi connectivity index (χ0n) is 13.1. The van der Waals surface area contributed by atoms with E-state index in [1.807, 2.05) is 36.4 Å². The first kappa shape index (κ1) is 16.5. The summed E-state index contributed by atoms with van der Waals surface area (Å²) in [6, 6.07) is 14.8. The van der Waals surface area contributed by atoms with Crippen molar-refractivity contribution in [3.8, 4) is 16.2 Å². The second kappa shape index (κ2) is 6.67. The van der Waals surface area contributed by atoms with E-state index in [1.54, 1.807) is 19.2 Å². The molecule has 0 aliphatic rings. The van der Waals surface area contributed by atoms with E-state index < -0.39 is 15.3 Å². The number of hydrogen-bond acceptors (Lipinski definition) is 4. The number of para-hydroxylation sites is 1. The lowest BCUT2D eigenvalue weighted by molar-refractivity contribution is 0.416. The van der Waals surface area contributed by atoms with Gasteiger partial charge in [0.1, 0.15) is 11.0 Å². The first-order chi connectivity index (χ1) is 11.6. The van der Waals surface area contributed by atoms with Crippen LogP contribution in [-0.2, 0) is 10.0 Å². The minimum absolute atomic E-state index is 0.722. The molecular weight excluding hydrogens is 342 g/mol. The highest BCUT2D eigenvalue weighted by molar-refractivity contribution is 7.90. The molecule has 0 amide bonds. The molecule has 6 heteroatoms. The van der Waals surface area contributed by atoms with Crippen LogP contribution in [0.3, 0.4) is 0 Å². The molecule has 0 saturated carbocycles. The first-order valence-electron chi connectivity index (χ1n) is 7.31. The smallest absolute Gasteiger partial charge is 0.249 e. The summed E-state index contributed by atoms with van der Waals surface area (Å²) in [6.45, 7) is 3.72. The Hall–Kier alpha value is -2.31. The highest BCUT2D eigenvalue weighted by Gasteiger charge is 2.27. The van der Waals surface area contributed by atoms with Crippen molar-refractivity contribution in [2.24, 2.45) is 0 Å². The van der Waals surface area contributed by atoms with Crippen molar-refractivity contribution in [3.05, 3.63) is 78.5 Å². The van der Waals surface area contributed by atoms with Gasteiger partial charge >= 0.3 is 0 Å². The maximum absolute atomic E-state index is 12.8. The fourth-order valence-electron chi connectivity index (χ4n) is 2.50. The normalized spacial score (nSPS) is 12.7. The largest absolute Gasteiger partial charge is 0.496 e. The summed E-state index contributed by atoms with van der Waals surface area (Å²) in [6.07, 6.45) is 4.52. The molecule has 0 saturated heterocycles. The van der Waals surface area contributed by atoms with Crippen LogP contribution in [-0.4, -0.2) is 19.5 Å². The number of methoxy groups -OCH3 is 1. The van der Waals surface area contributed by atoms with Crippen molar-refractivity contribution >= 4 is 21.4 Å². The Morgan fingerprint density at radius 1 is 1.12 bits per heavy atom. The van der Waals surface area contributed by atoms with Gasteiger partial charge in [-0.3, -0.25) is 3.97 Å². The van der Waals surface area contributed by atoms with E-state index in [2.05, 4.69) is 6.58 Å². The third-order valence-electron chi connectivity index (χ3n) is 3.69. The van der Waals surface area contributed by atoms with Gasteiger partial charge in [-0.2, -0.15) is 0 Å². The van der Waals surface area contributed by atoms with E-state index in [0.29, 0.717) is 0 Å². The molecule has 0 N–H and O–H groups in total. The van der Waals surface area contributed by atoms with Gasteiger partial charge in [-0.15, -0.1) is 17.9 Å². The maximum atomic E-state index is 12.8. The summed E-state index contributed by atoms with van der Waals surface area (Å²) in [4.78, 5) is 1.68. The quantitative estimate of drug-likeness (QED) is 0.616. The third kappa shape index (κ3) is 2.90.